The summed E-state index contributed by atoms with van der Waals surface area (Å²) in [7, 11) is 0. The second-order valence-corrected chi connectivity index (χ2v) is 5.90. The van der Waals surface area contributed by atoms with Crippen molar-refractivity contribution in [3.8, 4) is 16.9 Å². The van der Waals surface area contributed by atoms with Gasteiger partial charge in [-0.15, -0.1) is 0 Å². The number of rotatable bonds is 7. The van der Waals surface area contributed by atoms with E-state index in [1.165, 1.54) is 0 Å². The van der Waals surface area contributed by atoms with Crippen LogP contribution in [0.5, 0.6) is 5.75 Å². The maximum absolute atomic E-state index is 11.5. The van der Waals surface area contributed by atoms with E-state index in [1.54, 1.807) is 26.0 Å². The normalized spacial score (nSPS) is 11.6. The summed E-state index contributed by atoms with van der Waals surface area (Å²) in [6.07, 6.45) is -0.950. The first kappa shape index (κ1) is 18.6. The maximum Gasteiger partial charge on any atom is 0.338 e. The van der Waals surface area contributed by atoms with Gasteiger partial charge in [0.05, 0.1) is 6.61 Å². The zero-order valence-corrected chi connectivity index (χ0v) is 14.5. The van der Waals surface area contributed by atoms with Crippen LogP contribution in [0.15, 0.2) is 72.8 Å². The Morgan fingerprint density at radius 1 is 1.00 bits per heavy atom. The van der Waals surface area contributed by atoms with E-state index in [4.69, 9.17) is 9.47 Å². The molecule has 1 N–H and O–H groups in total. The summed E-state index contributed by atoms with van der Waals surface area (Å²) in [5.74, 6) is 0.0459. The van der Waals surface area contributed by atoms with Crippen molar-refractivity contribution in [1.29, 1.82) is 0 Å². The lowest BCUT2D eigenvalue weighted by Crippen LogP contribution is -2.12. The minimum Gasteiger partial charge on any atom is -0.423 e. The predicted octanol–water partition coefficient (Wildman–Crippen LogP) is 4.25. The van der Waals surface area contributed by atoms with Crippen LogP contribution >= 0.6 is 0 Å². The molecule has 0 fully saturated rings. The zero-order chi connectivity index (χ0) is 18.4. The molecule has 0 aromatic heterocycles. The Hall–Kier alpha value is -2.69. The largest absolute Gasteiger partial charge is 0.423 e. The van der Waals surface area contributed by atoms with Gasteiger partial charge in [0.15, 0.2) is 6.29 Å². The van der Waals surface area contributed by atoms with Crippen LogP contribution in [0.3, 0.4) is 0 Å². The van der Waals surface area contributed by atoms with Gasteiger partial charge in [0.25, 0.3) is 0 Å². The molecular weight excluding hydrogens is 316 g/mol. The molecule has 4 heteroatoms. The minimum atomic E-state index is -0.950. The molecule has 0 aliphatic rings. The third kappa shape index (κ3) is 5.41. The number of carbonyl (C=O) groups is 1. The molecule has 25 heavy (non-hydrogen) atoms. The van der Waals surface area contributed by atoms with Gasteiger partial charge < -0.3 is 14.6 Å². The van der Waals surface area contributed by atoms with Gasteiger partial charge in [-0.05, 0) is 48.2 Å². The van der Waals surface area contributed by atoms with Crippen LogP contribution in [0.25, 0.3) is 11.1 Å². The van der Waals surface area contributed by atoms with Gasteiger partial charge in [0.1, 0.15) is 5.75 Å². The highest BCUT2D eigenvalue weighted by molar-refractivity contribution is 5.88. The number of carbonyl (C=O) groups excluding carboxylic acids is 1. The fourth-order valence-electron chi connectivity index (χ4n) is 2.02. The van der Waals surface area contributed by atoms with Gasteiger partial charge in [-0.25, -0.2) is 4.79 Å². The fourth-order valence-corrected chi connectivity index (χ4v) is 2.02. The molecule has 130 valence electrons. The Balaban J connectivity index is 2.01. The molecule has 0 saturated heterocycles. The molecular formula is C21H22O4. The SMILES string of the molecule is C=C(C)C(=O)Oc1ccc(-c2ccc(COC(O)C(=C)C)cc2)cc1. The average Bonchev–Trinajstić information content (AvgIpc) is 2.60. The van der Waals surface area contributed by atoms with Gasteiger partial charge in [-0.1, -0.05) is 49.6 Å². The maximum atomic E-state index is 11.5. The summed E-state index contributed by atoms with van der Waals surface area (Å²) in [5, 5.41) is 9.58. The molecule has 0 amide bonds. The number of aliphatic hydroxyl groups excluding tert-OH is 1. The summed E-state index contributed by atoms with van der Waals surface area (Å²) in [6, 6.07) is 15.1. The Kier molecular flexibility index (Phi) is 6.28. The van der Waals surface area contributed by atoms with E-state index in [1.807, 2.05) is 36.4 Å². The standard InChI is InChI=1S/C21H22O4/c1-14(2)20(22)24-13-16-5-7-17(8-6-16)18-9-11-19(12-10-18)25-21(23)15(3)4/h5-12,20,22H,1,3,13H2,2,4H3. The summed E-state index contributed by atoms with van der Waals surface area (Å²) in [5.41, 5.74) is 3.92. The molecule has 1 unspecified atom stereocenters. The van der Waals surface area contributed by atoms with E-state index >= 15 is 0 Å². The molecule has 0 radical (unpaired) electrons. The molecule has 4 nitrogen and oxygen atoms in total. The van der Waals surface area contributed by atoms with E-state index in [9.17, 15) is 9.90 Å². The van der Waals surface area contributed by atoms with Crippen LogP contribution in [-0.4, -0.2) is 17.4 Å². The number of hydrogen-bond acceptors (Lipinski definition) is 4. The number of esters is 1. The van der Waals surface area contributed by atoms with Gasteiger partial charge in [0, 0.05) is 5.57 Å². The van der Waals surface area contributed by atoms with Crippen LogP contribution in [-0.2, 0) is 16.1 Å². The van der Waals surface area contributed by atoms with E-state index in [2.05, 4.69) is 13.2 Å². The van der Waals surface area contributed by atoms with E-state index < -0.39 is 12.3 Å². The van der Waals surface area contributed by atoms with E-state index in [0.29, 0.717) is 23.5 Å². The van der Waals surface area contributed by atoms with Gasteiger partial charge in [-0.2, -0.15) is 0 Å². The topological polar surface area (TPSA) is 55.8 Å². The highest BCUT2D eigenvalue weighted by Gasteiger charge is 2.07. The second-order valence-electron chi connectivity index (χ2n) is 5.90. The molecule has 2 aromatic rings. The number of aliphatic hydroxyl groups is 1. The molecule has 0 bridgehead atoms. The van der Waals surface area contributed by atoms with Crippen LogP contribution in [0, 0.1) is 0 Å². The first-order valence-corrected chi connectivity index (χ1v) is 7.89. The summed E-state index contributed by atoms with van der Waals surface area (Å²) in [4.78, 5) is 11.5. The average molecular weight is 338 g/mol. The third-order valence-electron chi connectivity index (χ3n) is 3.53. The van der Waals surface area contributed by atoms with E-state index in [-0.39, 0.29) is 0 Å². The van der Waals surface area contributed by atoms with Crippen LogP contribution in [0.2, 0.25) is 0 Å². The molecule has 1 atom stereocenters. The van der Waals surface area contributed by atoms with Gasteiger partial charge in [0.2, 0.25) is 0 Å². The van der Waals surface area contributed by atoms with Crippen molar-refractivity contribution in [2.24, 2.45) is 0 Å². The van der Waals surface area contributed by atoms with Crippen LogP contribution < -0.4 is 4.74 Å². The second kappa shape index (κ2) is 8.42. The first-order chi connectivity index (χ1) is 11.9. The van der Waals surface area contributed by atoms with Crippen molar-refractivity contribution in [2.75, 3.05) is 0 Å². The first-order valence-electron chi connectivity index (χ1n) is 7.89. The summed E-state index contributed by atoms with van der Waals surface area (Å²) < 4.78 is 10.5. The predicted molar refractivity (Wildman–Crippen MR) is 97.9 cm³/mol. The highest BCUT2D eigenvalue weighted by Crippen LogP contribution is 2.23. The molecule has 0 saturated carbocycles. The number of benzene rings is 2. The van der Waals surface area contributed by atoms with Crippen molar-refractivity contribution in [3.05, 3.63) is 78.4 Å². The zero-order valence-electron chi connectivity index (χ0n) is 14.5. The van der Waals surface area contributed by atoms with Gasteiger partial charge in [-0.3, -0.25) is 0 Å². The molecule has 0 aliphatic carbocycles. The number of hydrogen-bond donors (Lipinski definition) is 1. The minimum absolute atomic E-state index is 0.310. The molecule has 2 aromatic carbocycles. The molecule has 0 aliphatic heterocycles. The Morgan fingerprint density at radius 2 is 1.52 bits per heavy atom. The summed E-state index contributed by atoms with van der Waals surface area (Å²) >= 11 is 0. The van der Waals surface area contributed by atoms with Crippen molar-refractivity contribution in [3.63, 3.8) is 0 Å². The van der Waals surface area contributed by atoms with Gasteiger partial charge >= 0.3 is 5.97 Å². The number of ether oxygens (including phenoxy) is 2. The van der Waals surface area contributed by atoms with Crippen LogP contribution in [0.4, 0.5) is 0 Å². The Morgan fingerprint density at radius 3 is 2.00 bits per heavy atom. The lowest BCUT2D eigenvalue weighted by Gasteiger charge is -2.12. The summed E-state index contributed by atoms with van der Waals surface area (Å²) in [6.45, 7) is 10.8. The van der Waals surface area contributed by atoms with Crippen molar-refractivity contribution in [1.82, 2.24) is 0 Å². The molecule has 0 heterocycles. The van der Waals surface area contributed by atoms with Crippen molar-refractivity contribution < 1.29 is 19.4 Å². The lowest BCUT2D eigenvalue weighted by molar-refractivity contribution is -0.130. The highest BCUT2D eigenvalue weighted by atomic mass is 16.6. The van der Waals surface area contributed by atoms with Crippen molar-refractivity contribution in [2.45, 2.75) is 26.7 Å². The van der Waals surface area contributed by atoms with E-state index in [0.717, 1.165) is 16.7 Å². The van der Waals surface area contributed by atoms with Crippen molar-refractivity contribution >= 4 is 5.97 Å². The van der Waals surface area contributed by atoms with Crippen LogP contribution in [0.1, 0.15) is 19.4 Å². The fraction of sp³-hybridized carbons (Fsp3) is 0.190. The Bertz CT molecular complexity index is 757. The third-order valence-corrected chi connectivity index (χ3v) is 3.53. The Labute approximate surface area is 148 Å². The molecule has 0 spiro atoms. The quantitative estimate of drug-likeness (QED) is 0.270. The monoisotopic (exact) mass is 338 g/mol. The lowest BCUT2D eigenvalue weighted by atomic mass is 10.0. The molecule has 2 rings (SSSR count). The smallest absolute Gasteiger partial charge is 0.338 e.